The van der Waals surface area contributed by atoms with E-state index in [2.05, 4.69) is 20.9 Å². The molecule has 0 atom stereocenters. The molecule has 6 heteroatoms. The Labute approximate surface area is 95.2 Å². The molecule has 2 nitrogen and oxygen atoms in total. The highest BCUT2D eigenvalue weighted by Gasteiger charge is 2.14. The summed E-state index contributed by atoms with van der Waals surface area (Å²) in [5.41, 5.74) is -0.179. The zero-order valence-electron chi connectivity index (χ0n) is 6.06. The fraction of sp³-hybridized carbons (Fsp3) is 0.143. The molecule has 0 aliphatic heterocycles. The van der Waals surface area contributed by atoms with Crippen LogP contribution < -0.4 is 0 Å². The average Bonchev–Trinajstić information content (AvgIpc) is 2.09. The lowest BCUT2D eigenvalue weighted by molar-refractivity contribution is 0.146. The van der Waals surface area contributed by atoms with Crippen LogP contribution in [0.4, 0.5) is 8.78 Å². The van der Waals surface area contributed by atoms with Crippen LogP contribution in [-0.4, -0.2) is 4.98 Å². The number of aromatic nitrogens is 1. The van der Waals surface area contributed by atoms with Crippen LogP contribution >= 0.6 is 38.5 Å². The van der Waals surface area contributed by atoms with Crippen LogP contribution in [-0.2, 0) is 0 Å². The van der Waals surface area contributed by atoms with Gasteiger partial charge < -0.3 is 0 Å². The first kappa shape index (κ1) is 10.8. The number of halogens is 4. The Morgan fingerprint density at radius 3 is 2.69 bits per heavy atom. The molecule has 13 heavy (non-hydrogen) atoms. The van der Waals surface area contributed by atoms with Gasteiger partial charge in [-0.05, 0) is 44.6 Å². The number of nitriles is 1. The van der Waals surface area contributed by atoms with E-state index >= 15 is 0 Å². The van der Waals surface area contributed by atoms with Gasteiger partial charge in [-0.25, -0.2) is 13.8 Å². The van der Waals surface area contributed by atoms with E-state index in [4.69, 9.17) is 5.26 Å². The molecule has 0 unspecified atom stereocenters. The van der Waals surface area contributed by atoms with Crippen molar-refractivity contribution in [3.8, 4) is 6.07 Å². The Morgan fingerprint density at radius 1 is 1.62 bits per heavy atom. The van der Waals surface area contributed by atoms with Crippen molar-refractivity contribution < 1.29 is 8.78 Å². The highest BCUT2D eigenvalue weighted by molar-refractivity contribution is 14.1. The minimum absolute atomic E-state index is 0.206. The Balaban J connectivity index is 3.32. The van der Waals surface area contributed by atoms with Crippen molar-refractivity contribution in [2.45, 2.75) is 6.43 Å². The third kappa shape index (κ3) is 2.34. The summed E-state index contributed by atoms with van der Waals surface area (Å²) < 4.78 is 25.2. The van der Waals surface area contributed by atoms with E-state index in [1.165, 1.54) is 0 Å². The maximum atomic E-state index is 12.2. The molecule has 0 saturated carbocycles. The molecule has 0 amide bonds. The Morgan fingerprint density at radius 2 is 2.23 bits per heavy atom. The molecule has 1 aromatic heterocycles. The maximum Gasteiger partial charge on any atom is 0.280 e. The van der Waals surface area contributed by atoms with Crippen LogP contribution in [0.3, 0.4) is 0 Å². The van der Waals surface area contributed by atoms with Crippen molar-refractivity contribution in [3.05, 3.63) is 25.5 Å². The number of nitrogens with zero attached hydrogens (tertiary/aromatic N) is 2. The largest absolute Gasteiger partial charge is 0.280 e. The monoisotopic (exact) mass is 358 g/mol. The van der Waals surface area contributed by atoms with E-state index < -0.39 is 6.43 Å². The summed E-state index contributed by atoms with van der Waals surface area (Å²) >= 11 is 4.87. The van der Waals surface area contributed by atoms with Crippen molar-refractivity contribution in [2.24, 2.45) is 0 Å². The molecule has 0 aromatic carbocycles. The molecule has 0 fully saturated rings. The summed E-state index contributed by atoms with van der Waals surface area (Å²) in [7, 11) is 0. The van der Waals surface area contributed by atoms with Crippen molar-refractivity contribution in [1.82, 2.24) is 4.98 Å². The average molecular weight is 359 g/mol. The molecule has 68 valence electrons. The standard InChI is InChI=1S/C7H2BrF2IN2/c8-6-5(11)3(2-12)1-4(13-6)7(9)10/h1,7H. The molecule has 1 heterocycles. The first-order chi connectivity index (χ1) is 6.06. The summed E-state index contributed by atoms with van der Waals surface area (Å²) in [6, 6.07) is 2.91. The molecule has 1 rings (SSSR count). The van der Waals surface area contributed by atoms with E-state index in [-0.39, 0.29) is 15.9 Å². The lowest BCUT2D eigenvalue weighted by atomic mass is 10.2. The summed E-state index contributed by atoms with van der Waals surface area (Å²) in [6.07, 6.45) is -2.65. The smallest absolute Gasteiger partial charge is 0.239 e. The summed E-state index contributed by atoms with van der Waals surface area (Å²) in [4.78, 5) is 3.59. The number of hydrogen-bond donors (Lipinski definition) is 0. The van der Waals surface area contributed by atoms with Gasteiger partial charge in [0.15, 0.2) is 0 Å². The van der Waals surface area contributed by atoms with E-state index in [9.17, 15) is 8.78 Å². The minimum atomic E-state index is -2.65. The van der Waals surface area contributed by atoms with Gasteiger partial charge in [-0.3, -0.25) is 0 Å². The molecule has 0 bridgehead atoms. The lowest BCUT2D eigenvalue weighted by Crippen LogP contribution is -1.95. The van der Waals surface area contributed by atoms with Crippen LogP contribution in [0.1, 0.15) is 17.7 Å². The Hall–Kier alpha value is -0.290. The van der Waals surface area contributed by atoms with Crippen LogP contribution in [0.2, 0.25) is 0 Å². The van der Waals surface area contributed by atoms with Crippen LogP contribution in [0, 0.1) is 14.9 Å². The molecule has 0 aliphatic carbocycles. The molecular formula is C7H2BrF2IN2. The zero-order valence-corrected chi connectivity index (χ0v) is 9.80. The van der Waals surface area contributed by atoms with Gasteiger partial charge in [-0.1, -0.05) is 0 Å². The van der Waals surface area contributed by atoms with Crippen molar-refractivity contribution >= 4 is 38.5 Å². The predicted octanol–water partition coefficient (Wildman–Crippen LogP) is 3.26. The van der Waals surface area contributed by atoms with Gasteiger partial charge in [0.25, 0.3) is 6.43 Å². The van der Waals surface area contributed by atoms with Crippen molar-refractivity contribution in [1.29, 1.82) is 5.26 Å². The zero-order chi connectivity index (χ0) is 10.0. The molecule has 0 spiro atoms. The number of rotatable bonds is 1. The summed E-state index contributed by atoms with van der Waals surface area (Å²) in [5.74, 6) is 0. The van der Waals surface area contributed by atoms with E-state index in [1.54, 1.807) is 0 Å². The topological polar surface area (TPSA) is 36.7 Å². The Kier molecular flexibility index (Phi) is 3.55. The van der Waals surface area contributed by atoms with Crippen LogP contribution in [0.25, 0.3) is 0 Å². The molecule has 0 aliphatic rings. The fourth-order valence-corrected chi connectivity index (χ4v) is 1.53. The minimum Gasteiger partial charge on any atom is -0.239 e. The van der Waals surface area contributed by atoms with E-state index in [0.717, 1.165) is 6.07 Å². The van der Waals surface area contributed by atoms with Gasteiger partial charge in [0.1, 0.15) is 16.4 Å². The molecule has 0 N–H and O–H groups in total. The third-order valence-electron chi connectivity index (χ3n) is 1.28. The lowest BCUT2D eigenvalue weighted by Gasteiger charge is -2.02. The predicted molar refractivity (Wildman–Crippen MR) is 54.3 cm³/mol. The van der Waals surface area contributed by atoms with Gasteiger partial charge in [0.05, 0.1) is 9.13 Å². The molecular weight excluding hydrogens is 357 g/mol. The van der Waals surface area contributed by atoms with Gasteiger partial charge in [-0.2, -0.15) is 5.26 Å². The van der Waals surface area contributed by atoms with Crippen LogP contribution in [0.5, 0.6) is 0 Å². The van der Waals surface area contributed by atoms with Gasteiger partial charge in [0, 0.05) is 0 Å². The highest BCUT2D eigenvalue weighted by atomic mass is 127. The third-order valence-corrected chi connectivity index (χ3v) is 3.69. The Bertz CT molecular complexity index is 375. The molecule has 1 aromatic rings. The summed E-state index contributed by atoms with van der Waals surface area (Å²) in [6.45, 7) is 0. The SMILES string of the molecule is N#Cc1cc(C(F)F)nc(Br)c1I. The fourth-order valence-electron chi connectivity index (χ4n) is 0.710. The van der Waals surface area contributed by atoms with Crippen LogP contribution in [0.15, 0.2) is 10.7 Å². The highest BCUT2D eigenvalue weighted by Crippen LogP contribution is 2.25. The number of hydrogen-bond acceptors (Lipinski definition) is 2. The molecule has 0 radical (unpaired) electrons. The second-order valence-electron chi connectivity index (χ2n) is 2.11. The van der Waals surface area contributed by atoms with E-state index in [0.29, 0.717) is 3.57 Å². The quantitative estimate of drug-likeness (QED) is 0.570. The van der Waals surface area contributed by atoms with Crippen molar-refractivity contribution in [3.63, 3.8) is 0 Å². The van der Waals surface area contributed by atoms with E-state index in [1.807, 2.05) is 28.7 Å². The second kappa shape index (κ2) is 4.28. The normalized spacial score (nSPS) is 10.2. The van der Waals surface area contributed by atoms with Gasteiger partial charge in [-0.15, -0.1) is 0 Å². The molecule has 0 saturated heterocycles. The first-order valence-corrected chi connectivity index (χ1v) is 4.97. The van der Waals surface area contributed by atoms with Crippen molar-refractivity contribution in [2.75, 3.05) is 0 Å². The van der Waals surface area contributed by atoms with Gasteiger partial charge >= 0.3 is 0 Å². The second-order valence-corrected chi connectivity index (χ2v) is 3.94. The number of alkyl halides is 2. The van der Waals surface area contributed by atoms with Gasteiger partial charge in [0.2, 0.25) is 0 Å². The maximum absolute atomic E-state index is 12.2. The number of pyridine rings is 1. The first-order valence-electron chi connectivity index (χ1n) is 3.10. The summed E-state index contributed by atoms with van der Waals surface area (Å²) in [5, 5.41) is 8.60.